The third kappa shape index (κ3) is 3.80. The van der Waals surface area contributed by atoms with Gasteiger partial charge < -0.3 is 0 Å². The quantitative estimate of drug-likeness (QED) is 0.232. The van der Waals surface area contributed by atoms with Crippen LogP contribution in [0, 0.1) is 57.2 Å². The van der Waals surface area contributed by atoms with Crippen LogP contribution in [0.4, 0.5) is 0 Å². The van der Waals surface area contributed by atoms with Gasteiger partial charge in [0, 0.05) is 0 Å². The molecule has 4 saturated carbocycles. The van der Waals surface area contributed by atoms with E-state index in [0.29, 0.717) is 16.7 Å². The Labute approximate surface area is 190 Å². The second-order valence-electron chi connectivity index (χ2n) is 12.9. The summed E-state index contributed by atoms with van der Waals surface area (Å²) < 4.78 is 0. The maximum absolute atomic E-state index is 11.4. The normalized spacial score (nSPS) is 49.2. The number of alkyl halides is 1. The fourth-order valence-electron chi connectivity index (χ4n) is 9.31. The van der Waals surface area contributed by atoms with Crippen LogP contribution in [0.15, 0.2) is 5.18 Å². The lowest BCUT2D eigenvalue weighted by Crippen LogP contribution is -2.55. The molecule has 0 saturated heterocycles. The number of nitrogens with zero attached hydrogens (tertiary/aromatic N) is 1. The van der Waals surface area contributed by atoms with Gasteiger partial charge in [-0.05, 0) is 115 Å². The molecule has 3 heteroatoms. The first kappa shape index (κ1) is 23.1. The maximum Gasteiger partial charge on any atom is 0.175 e. The zero-order valence-electron chi connectivity index (χ0n) is 20.3. The molecule has 0 spiro atoms. The fourth-order valence-corrected chi connectivity index (χ4v) is 9.59. The minimum Gasteiger partial charge on any atom is -0.149 e. The Morgan fingerprint density at radius 2 is 1.63 bits per heavy atom. The van der Waals surface area contributed by atoms with E-state index in [-0.39, 0.29) is 0 Å². The molecule has 0 amide bonds. The van der Waals surface area contributed by atoms with Gasteiger partial charge in [0.1, 0.15) is 0 Å². The number of rotatable bonds is 6. The van der Waals surface area contributed by atoms with Crippen molar-refractivity contribution < 1.29 is 0 Å². The Morgan fingerprint density at radius 3 is 2.33 bits per heavy atom. The largest absolute Gasteiger partial charge is 0.175 e. The van der Waals surface area contributed by atoms with E-state index >= 15 is 0 Å². The monoisotopic (exact) mass is 435 g/mol. The molecule has 9 atom stereocenters. The van der Waals surface area contributed by atoms with Crippen LogP contribution in [0.1, 0.15) is 112 Å². The van der Waals surface area contributed by atoms with Gasteiger partial charge in [-0.1, -0.05) is 65.5 Å². The lowest BCUT2D eigenvalue weighted by Gasteiger charge is -2.61. The van der Waals surface area contributed by atoms with Crippen LogP contribution in [0.2, 0.25) is 0 Å². The van der Waals surface area contributed by atoms with Crippen molar-refractivity contribution in [1.82, 2.24) is 0 Å². The highest BCUT2D eigenvalue weighted by Crippen LogP contribution is 2.69. The Bertz CT molecular complexity index is 636. The molecule has 0 heterocycles. The lowest BCUT2D eigenvalue weighted by atomic mass is 9.44. The second kappa shape index (κ2) is 8.35. The van der Waals surface area contributed by atoms with Crippen LogP contribution in [-0.4, -0.2) is 5.00 Å². The van der Waals surface area contributed by atoms with Crippen molar-refractivity contribution in [2.24, 2.45) is 57.4 Å². The van der Waals surface area contributed by atoms with E-state index in [0.717, 1.165) is 54.8 Å². The molecular weight excluding hydrogens is 390 g/mol. The standard InChI is InChI=1S/C27H46ClNO/c1-18(2)7-6-8-19(3)22-11-12-23-21-10-9-20-17-27(28,29-30)16-15-25(20,4)24(21)13-14-26(22,23)5/h18-24H,6-17H2,1-5H3/t19-,20+,21-,22+,23-,24-,25+,26-,27-/m1/s1. The van der Waals surface area contributed by atoms with Crippen LogP contribution in [-0.2, 0) is 0 Å². The van der Waals surface area contributed by atoms with Gasteiger partial charge in [-0.25, -0.2) is 0 Å². The number of halogens is 1. The summed E-state index contributed by atoms with van der Waals surface area (Å²) in [5.74, 6) is 5.93. The summed E-state index contributed by atoms with van der Waals surface area (Å²) in [4.78, 5) is 10.5. The number of hydrogen-bond acceptors (Lipinski definition) is 2. The van der Waals surface area contributed by atoms with Crippen molar-refractivity contribution in [2.75, 3.05) is 0 Å². The van der Waals surface area contributed by atoms with Crippen LogP contribution < -0.4 is 0 Å². The highest BCUT2D eigenvalue weighted by atomic mass is 35.5. The van der Waals surface area contributed by atoms with Gasteiger partial charge in [0.25, 0.3) is 0 Å². The number of hydrogen-bond donors (Lipinski definition) is 0. The molecule has 0 unspecified atom stereocenters. The summed E-state index contributed by atoms with van der Waals surface area (Å²) in [6.07, 6.45) is 15.3. The van der Waals surface area contributed by atoms with Gasteiger partial charge in [-0.2, -0.15) is 0 Å². The average molecular weight is 436 g/mol. The number of fused-ring (bicyclic) bond motifs is 5. The van der Waals surface area contributed by atoms with Crippen LogP contribution in [0.3, 0.4) is 0 Å². The van der Waals surface area contributed by atoms with E-state index in [9.17, 15) is 4.91 Å². The van der Waals surface area contributed by atoms with Crippen LogP contribution >= 0.6 is 11.6 Å². The topological polar surface area (TPSA) is 29.4 Å². The molecule has 0 aromatic rings. The Morgan fingerprint density at radius 1 is 0.900 bits per heavy atom. The van der Waals surface area contributed by atoms with Gasteiger partial charge in [-0.3, -0.25) is 0 Å². The summed E-state index contributed by atoms with van der Waals surface area (Å²) in [5, 5.41) is 3.35. The minimum atomic E-state index is -0.815. The smallest absolute Gasteiger partial charge is 0.149 e. The zero-order chi connectivity index (χ0) is 21.7. The van der Waals surface area contributed by atoms with E-state index in [4.69, 9.17) is 11.6 Å². The van der Waals surface area contributed by atoms with E-state index in [1.807, 2.05) is 0 Å². The van der Waals surface area contributed by atoms with Crippen LogP contribution in [0.25, 0.3) is 0 Å². The third-order valence-electron chi connectivity index (χ3n) is 11.0. The molecule has 2 nitrogen and oxygen atoms in total. The predicted molar refractivity (Wildman–Crippen MR) is 127 cm³/mol. The molecule has 0 aromatic carbocycles. The van der Waals surface area contributed by atoms with E-state index in [2.05, 4.69) is 39.8 Å². The van der Waals surface area contributed by atoms with E-state index in [1.54, 1.807) is 0 Å². The number of nitroso groups, excluding NO2 is 1. The summed E-state index contributed by atoms with van der Waals surface area (Å²) in [7, 11) is 0. The Kier molecular flexibility index (Phi) is 6.42. The van der Waals surface area contributed by atoms with Crippen molar-refractivity contribution in [3.05, 3.63) is 4.91 Å². The van der Waals surface area contributed by atoms with Gasteiger partial charge in [0.2, 0.25) is 0 Å². The molecule has 4 aliphatic carbocycles. The molecule has 4 aliphatic rings. The van der Waals surface area contributed by atoms with Crippen molar-refractivity contribution in [3.8, 4) is 0 Å². The molecule has 0 aromatic heterocycles. The fraction of sp³-hybridized carbons (Fsp3) is 1.00. The molecule has 0 radical (unpaired) electrons. The van der Waals surface area contributed by atoms with Gasteiger partial charge in [-0.15, -0.1) is 4.91 Å². The SMILES string of the molecule is CC(C)CCC[C@@H](C)[C@@H]1CC[C@@H]2[C@H]3CC[C@H]4C[C@](Cl)(N=O)CC[C@]4(C)[C@@H]3CC[C@@]21C. The average Bonchev–Trinajstić information content (AvgIpc) is 3.05. The van der Waals surface area contributed by atoms with Gasteiger partial charge in [0.05, 0.1) is 0 Å². The van der Waals surface area contributed by atoms with Crippen molar-refractivity contribution in [2.45, 2.75) is 117 Å². The van der Waals surface area contributed by atoms with Crippen LogP contribution in [0.5, 0.6) is 0 Å². The molecule has 0 bridgehead atoms. The lowest BCUT2D eigenvalue weighted by molar-refractivity contribution is -0.118. The summed E-state index contributed by atoms with van der Waals surface area (Å²) in [6.45, 7) is 12.5. The van der Waals surface area contributed by atoms with E-state index < -0.39 is 5.00 Å². The summed E-state index contributed by atoms with van der Waals surface area (Å²) in [5.41, 5.74) is 0.950. The third-order valence-corrected chi connectivity index (χ3v) is 11.4. The first-order valence-electron chi connectivity index (χ1n) is 13.2. The Balaban J connectivity index is 1.47. The molecule has 30 heavy (non-hydrogen) atoms. The molecule has 4 rings (SSSR count). The Hall–Kier alpha value is -0.110. The highest BCUT2D eigenvalue weighted by Gasteiger charge is 2.61. The molecule has 0 aliphatic heterocycles. The van der Waals surface area contributed by atoms with Crippen molar-refractivity contribution >= 4 is 11.6 Å². The van der Waals surface area contributed by atoms with Crippen molar-refractivity contribution in [3.63, 3.8) is 0 Å². The zero-order valence-corrected chi connectivity index (χ0v) is 21.0. The second-order valence-corrected chi connectivity index (χ2v) is 13.6. The summed E-state index contributed by atoms with van der Waals surface area (Å²) in [6, 6.07) is 0. The van der Waals surface area contributed by atoms with Gasteiger partial charge in [0.15, 0.2) is 5.00 Å². The summed E-state index contributed by atoms with van der Waals surface area (Å²) >= 11 is 6.56. The van der Waals surface area contributed by atoms with E-state index in [1.165, 1.54) is 57.8 Å². The minimum absolute atomic E-state index is 0.383. The predicted octanol–water partition coefficient (Wildman–Crippen LogP) is 8.81. The van der Waals surface area contributed by atoms with Gasteiger partial charge >= 0.3 is 0 Å². The molecule has 4 fully saturated rings. The maximum atomic E-state index is 11.4. The highest BCUT2D eigenvalue weighted by molar-refractivity contribution is 6.23. The molecule has 0 N–H and O–H groups in total. The molecule has 172 valence electrons. The van der Waals surface area contributed by atoms with Crippen molar-refractivity contribution in [1.29, 1.82) is 0 Å². The first-order valence-corrected chi connectivity index (χ1v) is 13.5. The molecular formula is C27H46ClNO. The first-order chi connectivity index (χ1) is 14.1.